The number of ketones is 2. The van der Waals surface area contributed by atoms with Crippen LogP contribution in [0.25, 0.3) is 0 Å². The summed E-state index contributed by atoms with van der Waals surface area (Å²) in [4.78, 5) is 94.6. The number of carbonyl (C=O) groups is 8. The lowest BCUT2D eigenvalue weighted by Gasteiger charge is -2.08. The minimum absolute atomic E-state index is 0.0806. The van der Waals surface area contributed by atoms with Gasteiger partial charge in [0.15, 0.2) is 11.6 Å². The van der Waals surface area contributed by atoms with E-state index in [2.05, 4.69) is 42.5 Å². The van der Waals surface area contributed by atoms with Crippen LogP contribution in [-0.2, 0) is 20.7 Å². The molecule has 0 radical (unpaired) electrons. The van der Waals surface area contributed by atoms with Gasteiger partial charge in [-0.2, -0.15) is 0 Å². The summed E-state index contributed by atoms with van der Waals surface area (Å²) in [5.41, 5.74) is 7.17. The van der Waals surface area contributed by atoms with E-state index in [1.165, 1.54) is 97.1 Å². The molecule has 9 rings (SSSR count). The van der Waals surface area contributed by atoms with Crippen LogP contribution in [0.1, 0.15) is 88.7 Å². The van der Waals surface area contributed by atoms with Gasteiger partial charge in [-0.3, -0.25) is 14.4 Å². The second-order valence-electron chi connectivity index (χ2n) is 20.1. The number of benzene rings is 9. The van der Waals surface area contributed by atoms with E-state index in [-0.39, 0.29) is 53.2 Å². The lowest BCUT2D eigenvalue weighted by Crippen LogP contribution is -2.19. The van der Waals surface area contributed by atoms with Crippen LogP contribution in [0, 0.1) is 23.3 Å². The summed E-state index contributed by atoms with van der Waals surface area (Å²) in [6.07, 6.45) is 3.29. The second-order valence-corrected chi connectivity index (χ2v) is 20.1. The van der Waals surface area contributed by atoms with E-state index in [4.69, 9.17) is 9.47 Å². The van der Waals surface area contributed by atoms with Gasteiger partial charge in [0.05, 0.1) is 25.2 Å². The smallest absolute Gasteiger partial charge is 0.338 e. The van der Waals surface area contributed by atoms with Gasteiger partial charge in [-0.15, -0.1) is 0 Å². The fourth-order valence-corrected chi connectivity index (χ4v) is 8.05. The normalized spacial score (nSPS) is 10.1. The van der Waals surface area contributed by atoms with Crippen molar-refractivity contribution >= 4 is 93.1 Å². The van der Waals surface area contributed by atoms with E-state index in [0.29, 0.717) is 87.4 Å². The van der Waals surface area contributed by atoms with Gasteiger partial charge in [-0.1, -0.05) is 62.7 Å². The van der Waals surface area contributed by atoms with Crippen molar-refractivity contribution in [3.8, 4) is 0 Å². The fourth-order valence-electron chi connectivity index (χ4n) is 8.05. The van der Waals surface area contributed by atoms with Crippen LogP contribution < -0.4 is 42.5 Å². The highest BCUT2D eigenvalue weighted by Crippen LogP contribution is 2.19. The molecule has 9 aromatic rings. The van der Waals surface area contributed by atoms with Crippen molar-refractivity contribution in [2.75, 3.05) is 55.7 Å². The quantitative estimate of drug-likeness (QED) is 0.0155. The number of hydrogen-bond donors (Lipinski definition) is 8. The van der Waals surface area contributed by atoms with Crippen molar-refractivity contribution in [3.05, 3.63) is 276 Å². The van der Waals surface area contributed by atoms with E-state index in [1.807, 2.05) is 32.0 Å². The van der Waals surface area contributed by atoms with E-state index in [9.17, 15) is 55.9 Å². The number of amides is 8. The zero-order valence-corrected chi connectivity index (χ0v) is 51.4. The summed E-state index contributed by atoms with van der Waals surface area (Å²) in [7, 11) is 0. The fraction of sp³-hybridized carbons (Fsp3) is 0.139. The van der Waals surface area contributed by atoms with Gasteiger partial charge in [0.2, 0.25) is 0 Å². The number of anilines is 8. The highest BCUT2D eigenvalue weighted by Gasteiger charge is 2.13. The predicted octanol–water partition coefficient (Wildman–Crippen LogP) is 17.2. The van der Waals surface area contributed by atoms with Crippen LogP contribution in [0.5, 0.6) is 0 Å². The topological polar surface area (TPSA) is 251 Å². The van der Waals surface area contributed by atoms with Crippen molar-refractivity contribution in [2.24, 2.45) is 0 Å². The number of esters is 2. The Morgan fingerprint density at radius 3 is 0.947 bits per heavy atom. The molecule has 0 aliphatic heterocycles. The molecule has 22 heteroatoms. The van der Waals surface area contributed by atoms with Gasteiger partial charge in [0.1, 0.15) is 23.3 Å². The predicted molar refractivity (Wildman–Crippen MR) is 357 cm³/mol. The van der Waals surface area contributed by atoms with Crippen molar-refractivity contribution in [1.82, 2.24) is 0 Å². The number of halogens is 4. The molecule has 0 aromatic heterocycles. The molecular weight excluding hydrogens is 1210 g/mol. The van der Waals surface area contributed by atoms with E-state index in [0.717, 1.165) is 24.8 Å². The third kappa shape index (κ3) is 25.9. The third-order valence-electron chi connectivity index (χ3n) is 12.8. The standard InChI is InChI=1S/C20H15FN2O2.C18H19FN2O3.C17H17FN2O3.C17H17FN2O2/c21-16-8-12-18(13-9-16)23-20(25)22-17-10-6-15(7-11-17)19(24)14-4-2-1-3-5-14;1-2-3-12-24-17(22)13-4-8-15(9-5-13)20-18(23)21-16-10-6-14(19)7-11-16;1-2-23-16(21)11-12-3-7-14(8-4-12)19-17(22)20-15-9-5-13(18)6-10-15;1-2-3-16(21)12-4-8-14(9-5-12)19-17(22)20-15-10-6-13(18)7-11-15/h1-13H,(H2,22,23,25);4-11H,2-3,12H2,1H3,(H2,20,21,23);3-10H,2,11H2,1H3,(H2,19,20,22);4-11H,2-3H2,1H3,(H2,19,20,22). The zero-order valence-electron chi connectivity index (χ0n) is 51.4. The van der Waals surface area contributed by atoms with Gasteiger partial charge < -0.3 is 52.0 Å². The van der Waals surface area contributed by atoms with Crippen molar-refractivity contribution in [2.45, 2.75) is 52.9 Å². The van der Waals surface area contributed by atoms with Crippen molar-refractivity contribution in [3.63, 3.8) is 0 Å². The Morgan fingerprint density at radius 2 is 0.628 bits per heavy atom. The van der Waals surface area contributed by atoms with Crippen LogP contribution in [0.3, 0.4) is 0 Å². The van der Waals surface area contributed by atoms with E-state index >= 15 is 0 Å². The maximum Gasteiger partial charge on any atom is 0.338 e. The van der Waals surface area contributed by atoms with Gasteiger partial charge in [-0.25, -0.2) is 41.5 Å². The van der Waals surface area contributed by atoms with Crippen molar-refractivity contribution in [1.29, 1.82) is 0 Å². The van der Waals surface area contributed by atoms with Gasteiger partial charge in [0, 0.05) is 68.6 Å². The number of rotatable bonds is 20. The average molecular weight is 1280 g/mol. The van der Waals surface area contributed by atoms with Crippen molar-refractivity contribution < 1.29 is 65.4 Å². The summed E-state index contributed by atoms with van der Waals surface area (Å²) in [6, 6.07) is 55.7. The van der Waals surface area contributed by atoms with E-state index < -0.39 is 24.1 Å². The summed E-state index contributed by atoms with van der Waals surface area (Å²) in [6.45, 7) is 6.47. The lowest BCUT2D eigenvalue weighted by molar-refractivity contribution is -0.142. The number of ether oxygens (including phenoxy) is 2. The second kappa shape index (κ2) is 37.9. The molecule has 0 saturated heterocycles. The molecule has 18 nitrogen and oxygen atoms in total. The van der Waals surface area contributed by atoms with Crippen LogP contribution in [0.2, 0.25) is 0 Å². The molecule has 0 atom stereocenters. The molecule has 0 fully saturated rings. The number of unbranched alkanes of at least 4 members (excludes halogenated alkanes) is 1. The number of urea groups is 4. The number of carbonyl (C=O) groups excluding carboxylic acids is 8. The first-order valence-corrected chi connectivity index (χ1v) is 29.5. The maximum absolute atomic E-state index is 12.8. The van der Waals surface area contributed by atoms with E-state index in [1.54, 1.807) is 116 Å². The highest BCUT2D eigenvalue weighted by molar-refractivity contribution is 6.09. The van der Waals surface area contributed by atoms with Crippen LogP contribution in [0.4, 0.5) is 82.2 Å². The Kier molecular flexibility index (Phi) is 28.7. The summed E-state index contributed by atoms with van der Waals surface area (Å²) in [5.74, 6) is -2.14. The molecular formula is C72H68F4N8O10. The molecule has 8 N–H and O–H groups in total. The third-order valence-corrected chi connectivity index (χ3v) is 12.8. The number of Topliss-reactive ketones (excluding diaryl/α,β-unsaturated/α-hetero) is 1. The summed E-state index contributed by atoms with van der Waals surface area (Å²) >= 11 is 0. The average Bonchev–Trinajstić information content (AvgIpc) is 1.17. The Morgan fingerprint density at radius 1 is 0.330 bits per heavy atom. The molecule has 0 aliphatic rings. The van der Waals surface area contributed by atoms with Gasteiger partial charge in [0.25, 0.3) is 0 Å². The maximum atomic E-state index is 12.8. The minimum atomic E-state index is -0.458. The highest BCUT2D eigenvalue weighted by atomic mass is 19.1. The Bertz CT molecular complexity index is 3910. The molecule has 484 valence electrons. The monoisotopic (exact) mass is 1280 g/mol. The minimum Gasteiger partial charge on any atom is -0.466 e. The molecule has 8 amide bonds. The Hall–Kier alpha value is -11.9. The van der Waals surface area contributed by atoms with Gasteiger partial charge >= 0.3 is 36.1 Å². The summed E-state index contributed by atoms with van der Waals surface area (Å²) in [5, 5.41) is 20.9. The van der Waals surface area contributed by atoms with Crippen LogP contribution in [-0.4, -0.2) is 60.8 Å². The largest absolute Gasteiger partial charge is 0.466 e. The number of nitrogens with one attached hydrogen (secondary N) is 8. The molecule has 9 aromatic carbocycles. The molecule has 94 heavy (non-hydrogen) atoms. The molecule has 0 unspecified atom stereocenters. The first-order valence-electron chi connectivity index (χ1n) is 29.5. The molecule has 0 spiro atoms. The van der Waals surface area contributed by atoms with Crippen LogP contribution in [0.15, 0.2) is 224 Å². The summed E-state index contributed by atoms with van der Waals surface area (Å²) < 4.78 is 61.2. The first-order chi connectivity index (χ1) is 45.3. The SMILES string of the molecule is CCCC(=O)c1ccc(NC(=O)Nc2ccc(F)cc2)cc1.CCCCOC(=O)c1ccc(NC(=O)Nc2ccc(F)cc2)cc1.CCOC(=O)Cc1ccc(NC(=O)Nc2ccc(F)cc2)cc1.O=C(Nc1ccc(F)cc1)Nc1ccc(C(=O)c2ccccc2)cc1. The zero-order chi connectivity index (χ0) is 67.6. The Labute approximate surface area is 540 Å². The number of hydrogen-bond acceptors (Lipinski definition) is 10. The lowest BCUT2D eigenvalue weighted by atomic mass is 10.0. The molecule has 0 saturated carbocycles. The molecule has 0 bridgehead atoms. The first kappa shape index (κ1) is 71.1. The van der Waals surface area contributed by atoms with Crippen LogP contribution >= 0.6 is 0 Å². The molecule has 0 aliphatic carbocycles. The van der Waals surface area contributed by atoms with Gasteiger partial charge in [-0.05, 0) is 207 Å². The molecule has 0 heterocycles. The Balaban J connectivity index is 0.000000199.